The van der Waals surface area contributed by atoms with Crippen molar-refractivity contribution < 1.29 is 14.3 Å². The second-order valence-electron chi connectivity index (χ2n) is 5.73. The Morgan fingerprint density at radius 3 is 2.44 bits per heavy atom. The highest BCUT2D eigenvalue weighted by Gasteiger charge is 2.07. The molecule has 0 saturated heterocycles. The van der Waals surface area contributed by atoms with Crippen molar-refractivity contribution in [3.8, 4) is 5.75 Å². The molecule has 2 rings (SSSR count). The maximum absolute atomic E-state index is 12.0. The summed E-state index contributed by atoms with van der Waals surface area (Å²) in [6.07, 6.45) is 3.50. The van der Waals surface area contributed by atoms with E-state index in [1.807, 2.05) is 50.3 Å². The topological polar surface area (TPSA) is 79.8 Å². The molecule has 0 aliphatic heterocycles. The highest BCUT2D eigenvalue weighted by molar-refractivity contribution is 5.96. The fourth-order valence-electron chi connectivity index (χ4n) is 2.23. The van der Waals surface area contributed by atoms with E-state index >= 15 is 0 Å². The molecular formula is C21H23N3O3. The predicted molar refractivity (Wildman–Crippen MR) is 107 cm³/mol. The third-order valence-electron chi connectivity index (χ3n) is 3.49. The minimum Gasteiger partial charge on any atom is -0.494 e. The van der Waals surface area contributed by atoms with Crippen LogP contribution >= 0.6 is 0 Å². The number of hydrogen-bond acceptors (Lipinski definition) is 4. The lowest BCUT2D eigenvalue weighted by Gasteiger charge is -2.06. The lowest BCUT2D eigenvalue weighted by atomic mass is 10.1. The number of carbonyl (C=O) groups excluding carboxylic acids is 2. The molecule has 0 heterocycles. The Morgan fingerprint density at radius 2 is 1.78 bits per heavy atom. The van der Waals surface area contributed by atoms with Gasteiger partial charge in [-0.2, -0.15) is 5.10 Å². The zero-order valence-corrected chi connectivity index (χ0v) is 15.4. The fourth-order valence-corrected chi connectivity index (χ4v) is 2.23. The Kier molecular flexibility index (Phi) is 7.78. The molecule has 2 N–H and O–H groups in total. The SMILES string of the molecule is CCOc1ccc(C(=O)NCC(=O)N/N=C/C(C)=C\c2ccccc2)cc1. The van der Waals surface area contributed by atoms with Gasteiger partial charge in [-0.05, 0) is 49.2 Å². The first-order valence-corrected chi connectivity index (χ1v) is 8.65. The molecule has 0 aliphatic carbocycles. The van der Waals surface area contributed by atoms with Gasteiger partial charge in [0.2, 0.25) is 0 Å². The van der Waals surface area contributed by atoms with Gasteiger partial charge in [0.05, 0.1) is 19.4 Å². The van der Waals surface area contributed by atoms with E-state index in [4.69, 9.17) is 4.74 Å². The summed E-state index contributed by atoms with van der Waals surface area (Å²) in [5, 5.41) is 6.44. The molecule has 6 heteroatoms. The maximum Gasteiger partial charge on any atom is 0.259 e. The van der Waals surface area contributed by atoms with Gasteiger partial charge in [0.25, 0.3) is 11.8 Å². The van der Waals surface area contributed by atoms with Gasteiger partial charge in [0, 0.05) is 5.56 Å². The lowest BCUT2D eigenvalue weighted by molar-refractivity contribution is -0.120. The van der Waals surface area contributed by atoms with Crippen molar-refractivity contribution in [1.29, 1.82) is 0 Å². The first-order valence-electron chi connectivity index (χ1n) is 8.65. The molecule has 0 aliphatic rings. The third kappa shape index (κ3) is 7.15. The standard InChI is InChI=1S/C21H23N3O3/c1-3-27-19-11-9-18(10-12-19)21(26)22-15-20(25)24-23-14-16(2)13-17-7-5-4-6-8-17/h4-14H,3,15H2,1-2H3,(H,22,26)(H,24,25)/b16-13-,23-14+. The average molecular weight is 365 g/mol. The number of nitrogens with zero attached hydrogens (tertiary/aromatic N) is 1. The second kappa shape index (κ2) is 10.6. The molecule has 0 radical (unpaired) electrons. The van der Waals surface area contributed by atoms with E-state index in [2.05, 4.69) is 15.8 Å². The van der Waals surface area contributed by atoms with E-state index in [9.17, 15) is 9.59 Å². The molecule has 2 amide bonds. The summed E-state index contributed by atoms with van der Waals surface area (Å²) in [5.41, 5.74) is 4.78. The Morgan fingerprint density at radius 1 is 1.07 bits per heavy atom. The van der Waals surface area contributed by atoms with E-state index < -0.39 is 5.91 Å². The Bertz CT molecular complexity index is 812. The largest absolute Gasteiger partial charge is 0.494 e. The van der Waals surface area contributed by atoms with Crippen LogP contribution in [0.1, 0.15) is 29.8 Å². The van der Waals surface area contributed by atoms with Crippen LogP contribution in [-0.2, 0) is 4.79 Å². The molecule has 0 spiro atoms. The first kappa shape index (κ1) is 19.9. The van der Waals surface area contributed by atoms with Crippen LogP contribution in [0, 0.1) is 0 Å². The van der Waals surface area contributed by atoms with Crippen molar-refractivity contribution in [3.63, 3.8) is 0 Å². The Labute approximate surface area is 158 Å². The minimum absolute atomic E-state index is 0.162. The Hall–Kier alpha value is -3.41. The third-order valence-corrected chi connectivity index (χ3v) is 3.49. The van der Waals surface area contributed by atoms with Gasteiger partial charge in [0.1, 0.15) is 5.75 Å². The van der Waals surface area contributed by atoms with Gasteiger partial charge in [-0.15, -0.1) is 0 Å². The van der Waals surface area contributed by atoms with Crippen LogP contribution in [-0.4, -0.2) is 31.2 Å². The molecule has 0 aromatic heterocycles. The van der Waals surface area contributed by atoms with Gasteiger partial charge in [-0.3, -0.25) is 9.59 Å². The highest BCUT2D eigenvalue weighted by atomic mass is 16.5. The summed E-state index contributed by atoms with van der Waals surface area (Å²) in [6.45, 7) is 4.17. The molecule has 0 fully saturated rings. The van der Waals surface area contributed by atoms with Crippen LogP contribution < -0.4 is 15.5 Å². The number of benzene rings is 2. The van der Waals surface area contributed by atoms with Crippen LogP contribution in [0.2, 0.25) is 0 Å². The van der Waals surface area contributed by atoms with Crippen LogP contribution in [0.4, 0.5) is 0 Å². The summed E-state index contributed by atoms with van der Waals surface area (Å²) in [5.74, 6) is -0.0459. The zero-order valence-electron chi connectivity index (χ0n) is 15.4. The van der Waals surface area contributed by atoms with Crippen LogP contribution in [0.5, 0.6) is 5.75 Å². The number of nitrogens with one attached hydrogen (secondary N) is 2. The van der Waals surface area contributed by atoms with Gasteiger partial charge in [-0.25, -0.2) is 5.43 Å². The summed E-state index contributed by atoms with van der Waals surface area (Å²) < 4.78 is 5.32. The van der Waals surface area contributed by atoms with Crippen LogP contribution in [0.15, 0.2) is 65.3 Å². The summed E-state index contributed by atoms with van der Waals surface area (Å²) >= 11 is 0. The maximum atomic E-state index is 12.0. The van der Waals surface area contributed by atoms with E-state index in [0.29, 0.717) is 17.9 Å². The molecule has 2 aromatic rings. The van der Waals surface area contributed by atoms with Crippen molar-refractivity contribution in [2.24, 2.45) is 5.10 Å². The van der Waals surface area contributed by atoms with E-state index in [1.165, 1.54) is 0 Å². The molecule has 140 valence electrons. The molecular weight excluding hydrogens is 342 g/mol. The van der Waals surface area contributed by atoms with Crippen molar-refractivity contribution in [2.45, 2.75) is 13.8 Å². The zero-order chi connectivity index (χ0) is 19.5. The minimum atomic E-state index is -0.405. The number of hydrogen-bond donors (Lipinski definition) is 2. The number of ether oxygens (including phenoxy) is 1. The van der Waals surface area contributed by atoms with Gasteiger partial charge >= 0.3 is 0 Å². The fraction of sp³-hybridized carbons (Fsp3) is 0.190. The van der Waals surface area contributed by atoms with E-state index in [-0.39, 0.29) is 12.5 Å². The van der Waals surface area contributed by atoms with Gasteiger partial charge in [0.15, 0.2) is 0 Å². The molecule has 0 unspecified atom stereocenters. The van der Waals surface area contributed by atoms with Crippen molar-refractivity contribution in [3.05, 3.63) is 71.3 Å². The van der Waals surface area contributed by atoms with Crippen molar-refractivity contribution in [2.75, 3.05) is 13.2 Å². The van der Waals surface area contributed by atoms with Crippen LogP contribution in [0.25, 0.3) is 6.08 Å². The van der Waals surface area contributed by atoms with Crippen molar-refractivity contribution >= 4 is 24.1 Å². The predicted octanol–water partition coefficient (Wildman–Crippen LogP) is 3.02. The molecule has 0 bridgehead atoms. The first-order chi connectivity index (χ1) is 13.1. The number of rotatable bonds is 8. The summed E-state index contributed by atoms with van der Waals surface area (Å²) in [4.78, 5) is 23.8. The van der Waals surface area contributed by atoms with Crippen molar-refractivity contribution in [1.82, 2.24) is 10.7 Å². The highest BCUT2D eigenvalue weighted by Crippen LogP contribution is 2.11. The molecule has 2 aromatic carbocycles. The quantitative estimate of drug-likeness (QED) is 0.557. The average Bonchev–Trinajstić information content (AvgIpc) is 2.68. The van der Waals surface area contributed by atoms with Gasteiger partial charge in [-0.1, -0.05) is 36.4 Å². The lowest BCUT2D eigenvalue weighted by Crippen LogP contribution is -2.34. The molecule has 6 nitrogen and oxygen atoms in total. The second-order valence-corrected chi connectivity index (χ2v) is 5.73. The normalized spacial score (nSPS) is 11.3. The van der Waals surface area contributed by atoms with Gasteiger partial charge < -0.3 is 10.1 Å². The monoisotopic (exact) mass is 365 g/mol. The van der Waals surface area contributed by atoms with E-state index in [0.717, 1.165) is 11.1 Å². The smallest absolute Gasteiger partial charge is 0.259 e. The van der Waals surface area contributed by atoms with Crippen LogP contribution in [0.3, 0.4) is 0 Å². The molecule has 27 heavy (non-hydrogen) atoms. The Balaban J connectivity index is 1.76. The summed E-state index contributed by atoms with van der Waals surface area (Å²) in [6, 6.07) is 16.5. The number of amides is 2. The number of carbonyl (C=O) groups is 2. The number of hydrazone groups is 1. The van der Waals surface area contributed by atoms with E-state index in [1.54, 1.807) is 30.5 Å². The molecule has 0 atom stereocenters. The summed E-state index contributed by atoms with van der Waals surface area (Å²) in [7, 11) is 0. The molecule has 0 saturated carbocycles. The number of allylic oxidation sites excluding steroid dienone is 1.